The first-order valence-corrected chi connectivity index (χ1v) is 6.17. The Morgan fingerprint density at radius 2 is 1.94 bits per heavy atom. The first kappa shape index (κ1) is 11.1. The summed E-state index contributed by atoms with van der Waals surface area (Å²) in [6.07, 6.45) is 2.46. The van der Waals surface area contributed by atoms with Crippen LogP contribution in [0.2, 0.25) is 0 Å². The van der Waals surface area contributed by atoms with Crippen LogP contribution >= 0.6 is 0 Å². The van der Waals surface area contributed by atoms with E-state index in [0.717, 1.165) is 5.69 Å². The topological polar surface area (TPSA) is 77.8 Å². The van der Waals surface area contributed by atoms with Crippen LogP contribution in [0.4, 0.5) is 5.69 Å². The lowest BCUT2D eigenvalue weighted by molar-refractivity contribution is 0.695. The van der Waals surface area contributed by atoms with Crippen LogP contribution in [0.5, 0.6) is 0 Å². The fourth-order valence-corrected chi connectivity index (χ4v) is 2.31. The number of H-pyrrole nitrogens is 2. The van der Waals surface area contributed by atoms with E-state index in [-0.39, 0.29) is 11.1 Å². The molecule has 0 spiro atoms. The van der Waals surface area contributed by atoms with E-state index in [4.69, 9.17) is 0 Å². The minimum atomic E-state index is -0.271. The van der Waals surface area contributed by atoms with Crippen molar-refractivity contribution in [2.75, 3.05) is 5.32 Å². The molecule has 1 aliphatic carbocycles. The molecule has 94 valence electrons. The summed E-state index contributed by atoms with van der Waals surface area (Å²) in [5.41, 5.74) is 0.197. The molecule has 0 bridgehead atoms. The number of rotatable bonds is 3. The summed E-state index contributed by atoms with van der Waals surface area (Å²) >= 11 is 0. The predicted molar refractivity (Wildman–Crippen MR) is 71.0 cm³/mol. The van der Waals surface area contributed by atoms with Gasteiger partial charge in [0.1, 0.15) is 0 Å². The van der Waals surface area contributed by atoms with Gasteiger partial charge in [-0.25, -0.2) is 0 Å². The molecule has 3 rings (SSSR count). The van der Waals surface area contributed by atoms with Gasteiger partial charge in [-0.1, -0.05) is 6.07 Å². The van der Waals surface area contributed by atoms with Crippen molar-refractivity contribution in [3.8, 4) is 0 Å². The Hall–Kier alpha value is -2.04. The average Bonchev–Trinajstić information content (AvgIpc) is 3.18. The monoisotopic (exact) mass is 245 g/mol. The van der Waals surface area contributed by atoms with Crippen LogP contribution in [0, 0.1) is 5.92 Å². The number of benzene rings is 1. The molecule has 2 aromatic rings. The normalized spacial score (nSPS) is 16.7. The van der Waals surface area contributed by atoms with Gasteiger partial charge in [-0.3, -0.25) is 19.8 Å². The summed E-state index contributed by atoms with van der Waals surface area (Å²) in [5, 5.41) is 8.91. The second-order valence-corrected chi connectivity index (χ2v) is 4.91. The summed E-state index contributed by atoms with van der Waals surface area (Å²) in [6.45, 7) is 2.11. The van der Waals surface area contributed by atoms with Crippen molar-refractivity contribution in [1.29, 1.82) is 0 Å². The van der Waals surface area contributed by atoms with Crippen molar-refractivity contribution < 1.29 is 0 Å². The largest absolute Gasteiger partial charge is 0.382 e. The zero-order valence-electron chi connectivity index (χ0n) is 10.1. The summed E-state index contributed by atoms with van der Waals surface area (Å²) in [7, 11) is 0. The van der Waals surface area contributed by atoms with Gasteiger partial charge in [-0.05, 0) is 37.8 Å². The van der Waals surface area contributed by atoms with Crippen molar-refractivity contribution in [3.05, 3.63) is 38.9 Å². The van der Waals surface area contributed by atoms with Gasteiger partial charge in [0.2, 0.25) is 0 Å². The Bertz CT molecular complexity index is 697. The number of fused-ring (bicyclic) bond motifs is 1. The first-order valence-electron chi connectivity index (χ1n) is 6.17. The van der Waals surface area contributed by atoms with Gasteiger partial charge in [0.05, 0.1) is 10.8 Å². The van der Waals surface area contributed by atoms with E-state index < -0.39 is 0 Å². The summed E-state index contributed by atoms with van der Waals surface area (Å²) in [5.74, 6) is 0.682. The number of anilines is 1. The van der Waals surface area contributed by atoms with Crippen molar-refractivity contribution in [2.24, 2.45) is 5.92 Å². The van der Waals surface area contributed by atoms with E-state index in [0.29, 0.717) is 22.7 Å². The lowest BCUT2D eigenvalue weighted by Gasteiger charge is -2.15. The van der Waals surface area contributed by atoms with Crippen LogP contribution < -0.4 is 16.4 Å². The van der Waals surface area contributed by atoms with Crippen LogP contribution in [0.3, 0.4) is 0 Å². The van der Waals surface area contributed by atoms with Crippen LogP contribution in [0.25, 0.3) is 10.8 Å². The molecule has 1 aliphatic rings. The molecule has 1 unspecified atom stereocenters. The number of hydrogen-bond donors (Lipinski definition) is 3. The van der Waals surface area contributed by atoms with E-state index in [9.17, 15) is 9.59 Å². The minimum Gasteiger partial charge on any atom is -0.382 e. The first-order chi connectivity index (χ1) is 8.66. The van der Waals surface area contributed by atoms with E-state index in [1.807, 2.05) is 6.07 Å². The fourth-order valence-electron chi connectivity index (χ4n) is 2.31. The molecule has 1 atom stereocenters. The Kier molecular flexibility index (Phi) is 2.47. The molecule has 1 aromatic carbocycles. The number of aromatic nitrogens is 2. The van der Waals surface area contributed by atoms with E-state index in [2.05, 4.69) is 22.4 Å². The van der Waals surface area contributed by atoms with E-state index in [1.54, 1.807) is 12.1 Å². The fraction of sp³-hybridized carbons (Fsp3) is 0.385. The molecule has 1 saturated carbocycles. The molecule has 3 N–H and O–H groups in total. The number of aromatic amines is 2. The van der Waals surface area contributed by atoms with Crippen LogP contribution in [0.15, 0.2) is 27.8 Å². The third kappa shape index (κ3) is 1.81. The lowest BCUT2D eigenvalue weighted by Crippen LogP contribution is -2.23. The summed E-state index contributed by atoms with van der Waals surface area (Å²) in [4.78, 5) is 23.5. The number of hydrogen-bond acceptors (Lipinski definition) is 3. The van der Waals surface area contributed by atoms with E-state index >= 15 is 0 Å². The Labute approximate surface area is 103 Å². The molecule has 18 heavy (non-hydrogen) atoms. The molecular formula is C13H15N3O2. The Balaban J connectivity index is 2.14. The second kappa shape index (κ2) is 4.01. The van der Waals surface area contributed by atoms with Crippen molar-refractivity contribution >= 4 is 16.5 Å². The van der Waals surface area contributed by atoms with Gasteiger partial charge >= 0.3 is 0 Å². The molecular weight excluding hydrogens is 230 g/mol. The summed E-state index contributed by atoms with van der Waals surface area (Å²) in [6, 6.07) is 5.62. The molecule has 1 fully saturated rings. The maximum Gasteiger partial charge on any atom is 0.272 e. The van der Waals surface area contributed by atoms with Crippen LogP contribution in [-0.4, -0.2) is 16.2 Å². The molecule has 0 radical (unpaired) electrons. The van der Waals surface area contributed by atoms with Gasteiger partial charge < -0.3 is 5.32 Å². The second-order valence-electron chi connectivity index (χ2n) is 4.91. The SMILES string of the molecule is CC(Nc1cccc2c(=O)[nH][nH]c(=O)c12)C1CC1. The highest BCUT2D eigenvalue weighted by Gasteiger charge is 2.28. The van der Waals surface area contributed by atoms with Gasteiger partial charge in [0, 0.05) is 11.7 Å². The Morgan fingerprint density at radius 3 is 2.67 bits per heavy atom. The van der Waals surface area contributed by atoms with Crippen molar-refractivity contribution in [2.45, 2.75) is 25.8 Å². The van der Waals surface area contributed by atoms with Crippen LogP contribution in [-0.2, 0) is 0 Å². The molecule has 5 heteroatoms. The maximum absolute atomic E-state index is 11.9. The highest BCUT2D eigenvalue weighted by molar-refractivity contribution is 5.92. The average molecular weight is 245 g/mol. The highest BCUT2D eigenvalue weighted by atomic mass is 16.1. The van der Waals surface area contributed by atoms with Gasteiger partial charge in [0.25, 0.3) is 11.1 Å². The van der Waals surface area contributed by atoms with Crippen LogP contribution in [0.1, 0.15) is 19.8 Å². The quantitative estimate of drug-likeness (QED) is 0.765. The third-order valence-corrected chi connectivity index (χ3v) is 3.54. The standard InChI is InChI=1S/C13H15N3O2/c1-7(8-5-6-8)14-10-4-2-3-9-11(10)13(18)16-15-12(9)17/h2-4,7-8,14H,5-6H2,1H3,(H,15,17)(H,16,18). The Morgan fingerprint density at radius 1 is 1.22 bits per heavy atom. The summed E-state index contributed by atoms with van der Waals surface area (Å²) < 4.78 is 0. The number of nitrogens with one attached hydrogen (secondary N) is 3. The molecule has 5 nitrogen and oxygen atoms in total. The molecule has 0 saturated heterocycles. The maximum atomic E-state index is 11.9. The predicted octanol–water partition coefficient (Wildman–Crippen LogP) is 1.43. The van der Waals surface area contributed by atoms with Gasteiger partial charge in [-0.15, -0.1) is 0 Å². The highest BCUT2D eigenvalue weighted by Crippen LogP contribution is 2.34. The van der Waals surface area contributed by atoms with Gasteiger partial charge in [-0.2, -0.15) is 0 Å². The molecule has 1 heterocycles. The lowest BCUT2D eigenvalue weighted by atomic mass is 10.1. The molecule has 0 aliphatic heterocycles. The van der Waals surface area contributed by atoms with E-state index in [1.165, 1.54) is 12.8 Å². The van der Waals surface area contributed by atoms with Crippen molar-refractivity contribution in [1.82, 2.24) is 10.2 Å². The van der Waals surface area contributed by atoms with Gasteiger partial charge in [0.15, 0.2) is 0 Å². The third-order valence-electron chi connectivity index (χ3n) is 3.54. The van der Waals surface area contributed by atoms with Crippen molar-refractivity contribution in [3.63, 3.8) is 0 Å². The molecule has 1 aromatic heterocycles. The molecule has 0 amide bonds. The zero-order valence-corrected chi connectivity index (χ0v) is 10.1. The minimum absolute atomic E-state index is 0.268. The zero-order chi connectivity index (χ0) is 12.7. The smallest absolute Gasteiger partial charge is 0.272 e.